The first-order valence-electron chi connectivity index (χ1n) is 10.8. The Morgan fingerprint density at radius 3 is 2.52 bits per heavy atom. The molecule has 3 heterocycles. The van der Waals surface area contributed by atoms with Crippen molar-refractivity contribution in [2.24, 2.45) is 0 Å². The zero-order chi connectivity index (χ0) is 24.1. The van der Waals surface area contributed by atoms with Gasteiger partial charge in [0.05, 0.1) is 12.5 Å². The molecule has 33 heavy (non-hydrogen) atoms. The fourth-order valence-electron chi connectivity index (χ4n) is 4.59. The van der Waals surface area contributed by atoms with Gasteiger partial charge in [-0.25, -0.2) is 4.79 Å². The van der Waals surface area contributed by atoms with Crippen molar-refractivity contribution in [2.75, 3.05) is 12.5 Å². The summed E-state index contributed by atoms with van der Waals surface area (Å²) in [5.74, 6) is -1.07. The predicted octanol–water partition coefficient (Wildman–Crippen LogP) is 2.32. The average molecular weight is 509 g/mol. The lowest BCUT2D eigenvalue weighted by Gasteiger charge is -2.45. The van der Waals surface area contributed by atoms with Gasteiger partial charge >= 0.3 is 5.97 Å². The molecule has 178 valence electrons. The molecule has 0 saturated carbocycles. The number of thioether (sulfide) groups is 2. The Bertz CT molecular complexity index is 974. The fraction of sp³-hybridized carbons (Fsp3) is 0.545. The summed E-state index contributed by atoms with van der Waals surface area (Å²) < 4.78 is 0.170. The van der Waals surface area contributed by atoms with Crippen LogP contribution >= 0.6 is 35.7 Å². The topological polar surface area (TPSA) is 93.2 Å². The summed E-state index contributed by atoms with van der Waals surface area (Å²) in [4.78, 5) is 43.8. The van der Waals surface area contributed by atoms with E-state index >= 15 is 0 Å². The summed E-state index contributed by atoms with van der Waals surface area (Å²) >= 11 is 8.45. The number of carbonyl (C=O) groups excluding carboxylic acids is 2. The molecule has 3 saturated heterocycles. The van der Waals surface area contributed by atoms with Crippen LogP contribution in [0.15, 0.2) is 30.3 Å². The highest BCUT2D eigenvalue weighted by Crippen LogP contribution is 2.50. The lowest BCUT2D eigenvalue weighted by Crippen LogP contribution is -2.71. The maximum absolute atomic E-state index is 13.6. The van der Waals surface area contributed by atoms with Gasteiger partial charge in [0.15, 0.2) is 0 Å². The fourth-order valence-corrected chi connectivity index (χ4v) is 7.58. The van der Waals surface area contributed by atoms with Crippen LogP contribution < -0.4 is 5.32 Å². The van der Waals surface area contributed by atoms with Gasteiger partial charge in [-0.3, -0.25) is 14.5 Å². The van der Waals surface area contributed by atoms with E-state index in [1.807, 2.05) is 44.2 Å². The Morgan fingerprint density at radius 1 is 1.24 bits per heavy atom. The highest BCUT2D eigenvalue weighted by Gasteiger charge is 2.64. The van der Waals surface area contributed by atoms with Gasteiger partial charge in [-0.2, -0.15) is 0 Å². The number of carboxylic acids is 1. The minimum Gasteiger partial charge on any atom is -0.480 e. The van der Waals surface area contributed by atoms with Crippen LogP contribution in [0.5, 0.6) is 0 Å². The molecule has 0 radical (unpaired) electrons. The van der Waals surface area contributed by atoms with Gasteiger partial charge in [0.2, 0.25) is 11.8 Å². The molecule has 4 atom stereocenters. The van der Waals surface area contributed by atoms with E-state index in [1.54, 1.807) is 0 Å². The standard InChI is InChI=1S/C22H28N4O4S3/c1-12(2)25-10-24(11-32-21(25)31)15(13-8-6-5-7-9-13)17(27)23-14-18(28)26-16(20(29)30)22(3,4)33-19(14)26/h5-9,12,14-16,19H,10-11H2,1-4H3,(H,23,27)(H,29,30)/t14-,15+,16?,19?/m1/s1. The van der Waals surface area contributed by atoms with Gasteiger partial charge in [-0.1, -0.05) is 54.3 Å². The van der Waals surface area contributed by atoms with E-state index < -0.39 is 28.8 Å². The van der Waals surface area contributed by atoms with Crippen molar-refractivity contribution in [1.29, 1.82) is 0 Å². The highest BCUT2D eigenvalue weighted by molar-refractivity contribution is 8.22. The van der Waals surface area contributed by atoms with Crippen LogP contribution in [-0.4, -0.2) is 82.7 Å². The Balaban J connectivity index is 1.56. The zero-order valence-electron chi connectivity index (χ0n) is 18.9. The lowest BCUT2D eigenvalue weighted by molar-refractivity contribution is -0.161. The Hall–Kier alpha value is -1.82. The number of hydrogen-bond acceptors (Lipinski definition) is 7. The summed E-state index contributed by atoms with van der Waals surface area (Å²) in [5.41, 5.74) is 0.832. The quantitative estimate of drug-likeness (QED) is 0.444. The Kier molecular flexibility index (Phi) is 6.69. The van der Waals surface area contributed by atoms with Crippen LogP contribution in [0.1, 0.15) is 39.3 Å². The molecule has 4 rings (SSSR count). The van der Waals surface area contributed by atoms with Gasteiger partial charge in [-0.05, 0) is 33.3 Å². The average Bonchev–Trinajstić information content (AvgIpc) is 3.02. The smallest absolute Gasteiger partial charge is 0.327 e. The van der Waals surface area contributed by atoms with Crippen molar-refractivity contribution in [2.45, 2.75) is 62.0 Å². The van der Waals surface area contributed by atoms with Crippen molar-refractivity contribution < 1.29 is 19.5 Å². The first kappa shape index (κ1) is 24.3. The van der Waals surface area contributed by atoms with Crippen LogP contribution in [0.2, 0.25) is 0 Å². The molecule has 2 N–H and O–H groups in total. The first-order valence-corrected chi connectivity index (χ1v) is 13.1. The molecular formula is C22H28N4O4S3. The van der Waals surface area contributed by atoms with Crippen molar-refractivity contribution in [1.82, 2.24) is 20.0 Å². The van der Waals surface area contributed by atoms with Crippen LogP contribution in [0, 0.1) is 0 Å². The van der Waals surface area contributed by atoms with Crippen molar-refractivity contribution in [3.05, 3.63) is 35.9 Å². The Labute approximate surface area is 207 Å². The number of thiocarbonyl (C=S) groups is 1. The maximum atomic E-state index is 13.6. The zero-order valence-corrected chi connectivity index (χ0v) is 21.4. The molecule has 0 aliphatic carbocycles. The van der Waals surface area contributed by atoms with Crippen LogP contribution in [0.25, 0.3) is 0 Å². The van der Waals surface area contributed by atoms with Gasteiger partial charge < -0.3 is 20.2 Å². The minimum atomic E-state index is -1.02. The summed E-state index contributed by atoms with van der Waals surface area (Å²) in [6.45, 7) is 8.28. The second-order valence-corrected chi connectivity index (χ2v) is 12.6. The highest BCUT2D eigenvalue weighted by atomic mass is 32.2. The van der Waals surface area contributed by atoms with Gasteiger partial charge in [-0.15, -0.1) is 11.8 Å². The first-order chi connectivity index (χ1) is 15.5. The number of aliphatic carboxylic acids is 1. The molecule has 0 aromatic heterocycles. The van der Waals surface area contributed by atoms with E-state index in [0.717, 1.165) is 9.88 Å². The van der Waals surface area contributed by atoms with Crippen molar-refractivity contribution in [3.8, 4) is 0 Å². The van der Waals surface area contributed by atoms with E-state index in [4.69, 9.17) is 12.2 Å². The number of hydrogen-bond donors (Lipinski definition) is 2. The lowest BCUT2D eigenvalue weighted by atomic mass is 9.95. The van der Waals surface area contributed by atoms with E-state index in [9.17, 15) is 19.5 Å². The molecule has 3 aliphatic rings. The van der Waals surface area contributed by atoms with E-state index in [2.05, 4.69) is 29.0 Å². The normalized spacial score (nSPS) is 27.8. The summed E-state index contributed by atoms with van der Waals surface area (Å²) in [5, 5.41) is 12.2. The van der Waals surface area contributed by atoms with E-state index in [0.29, 0.717) is 12.5 Å². The molecule has 1 aromatic rings. The number of rotatable bonds is 6. The number of carboxylic acid groups (broad SMARTS) is 1. The third-order valence-corrected chi connectivity index (χ3v) is 9.35. The SMILES string of the molecule is CC(C)N1CN([C@H](C(=O)N[C@@H]2C(=O)N3C2SC(C)(C)C3C(=O)O)c2ccccc2)CSC1=S. The van der Waals surface area contributed by atoms with Crippen LogP contribution in [0.3, 0.4) is 0 Å². The number of benzene rings is 1. The number of nitrogens with zero attached hydrogens (tertiary/aromatic N) is 3. The minimum absolute atomic E-state index is 0.194. The van der Waals surface area contributed by atoms with Gasteiger partial charge in [0, 0.05) is 10.8 Å². The van der Waals surface area contributed by atoms with Crippen molar-refractivity contribution >= 4 is 57.8 Å². The second-order valence-electron chi connectivity index (χ2n) is 9.23. The number of nitrogens with one attached hydrogen (secondary N) is 1. The monoisotopic (exact) mass is 508 g/mol. The molecule has 1 aromatic carbocycles. The number of carbonyl (C=O) groups is 3. The third-order valence-electron chi connectivity index (χ3n) is 6.25. The molecule has 3 aliphatic heterocycles. The summed E-state index contributed by atoms with van der Waals surface area (Å²) in [6.07, 6.45) is 0. The maximum Gasteiger partial charge on any atom is 0.327 e. The predicted molar refractivity (Wildman–Crippen MR) is 134 cm³/mol. The van der Waals surface area contributed by atoms with Crippen LogP contribution in [0.4, 0.5) is 0 Å². The molecule has 11 heteroatoms. The molecule has 0 bridgehead atoms. The molecule has 2 unspecified atom stereocenters. The number of β-lactam (4-membered cyclic amide) rings is 1. The summed E-state index contributed by atoms with van der Waals surface area (Å²) in [6, 6.07) is 7.44. The number of fused-ring (bicyclic) bond motifs is 1. The van der Waals surface area contributed by atoms with Gasteiger partial charge in [0.1, 0.15) is 27.8 Å². The largest absolute Gasteiger partial charge is 0.480 e. The third kappa shape index (κ3) is 4.36. The Morgan fingerprint density at radius 2 is 1.91 bits per heavy atom. The molecule has 2 amide bonds. The van der Waals surface area contributed by atoms with Gasteiger partial charge in [0.25, 0.3) is 0 Å². The summed E-state index contributed by atoms with van der Waals surface area (Å²) in [7, 11) is 0. The van der Waals surface area contributed by atoms with E-state index in [-0.39, 0.29) is 23.2 Å². The van der Waals surface area contributed by atoms with E-state index in [1.165, 1.54) is 28.4 Å². The second kappa shape index (κ2) is 9.09. The molecule has 0 spiro atoms. The number of amides is 2. The molecular weight excluding hydrogens is 480 g/mol. The molecule has 8 nitrogen and oxygen atoms in total. The molecule has 3 fully saturated rings. The van der Waals surface area contributed by atoms with Crippen LogP contribution in [-0.2, 0) is 14.4 Å². The van der Waals surface area contributed by atoms with Crippen molar-refractivity contribution in [3.63, 3.8) is 0 Å².